The van der Waals surface area contributed by atoms with Gasteiger partial charge in [0.05, 0.1) is 13.7 Å². The molecule has 2 aromatic rings. The molecule has 0 bridgehead atoms. The van der Waals surface area contributed by atoms with Gasteiger partial charge in [-0.05, 0) is 73.7 Å². The van der Waals surface area contributed by atoms with Gasteiger partial charge in [-0.2, -0.15) is 0 Å². The zero-order valence-corrected chi connectivity index (χ0v) is 16.0. The van der Waals surface area contributed by atoms with Crippen molar-refractivity contribution in [1.82, 2.24) is 0 Å². The van der Waals surface area contributed by atoms with Gasteiger partial charge in [-0.25, -0.2) is 0 Å². The van der Waals surface area contributed by atoms with Gasteiger partial charge in [-0.15, -0.1) is 0 Å². The fourth-order valence-corrected chi connectivity index (χ4v) is 2.97. The van der Waals surface area contributed by atoms with Crippen molar-refractivity contribution in [1.29, 1.82) is 0 Å². The van der Waals surface area contributed by atoms with Crippen LogP contribution in [0.1, 0.15) is 47.9 Å². The third-order valence-electron chi connectivity index (χ3n) is 4.74. The molecule has 2 rings (SSSR count). The molecular weight excluding hydrogens is 310 g/mol. The first kappa shape index (κ1) is 19.3. The molecule has 0 radical (unpaired) electrons. The summed E-state index contributed by atoms with van der Waals surface area (Å²) in [6, 6.07) is 12.7. The van der Waals surface area contributed by atoms with Gasteiger partial charge in [-0.3, -0.25) is 0 Å². The van der Waals surface area contributed by atoms with E-state index in [1.54, 1.807) is 7.11 Å². The molecule has 0 aliphatic rings. The zero-order valence-electron chi connectivity index (χ0n) is 16.0. The Hall–Kier alpha value is -2.00. The summed E-state index contributed by atoms with van der Waals surface area (Å²) in [5, 5.41) is 0. The van der Waals surface area contributed by atoms with Crippen molar-refractivity contribution in [2.75, 3.05) is 20.3 Å². The molecule has 0 fully saturated rings. The third-order valence-corrected chi connectivity index (χ3v) is 4.74. The largest absolute Gasteiger partial charge is 0.496 e. The van der Waals surface area contributed by atoms with Crippen LogP contribution in [0.2, 0.25) is 0 Å². The lowest BCUT2D eigenvalue weighted by Crippen LogP contribution is -2.16. The van der Waals surface area contributed by atoms with Gasteiger partial charge in [-0.1, -0.05) is 31.5 Å². The molecule has 0 aliphatic heterocycles. The minimum atomic E-state index is 0.237. The van der Waals surface area contributed by atoms with Crippen molar-refractivity contribution < 1.29 is 9.47 Å². The molecule has 0 amide bonds. The van der Waals surface area contributed by atoms with E-state index in [-0.39, 0.29) is 5.92 Å². The van der Waals surface area contributed by atoms with Crippen molar-refractivity contribution >= 4 is 0 Å². The van der Waals surface area contributed by atoms with Crippen molar-refractivity contribution in [3.05, 3.63) is 58.7 Å². The lowest BCUT2D eigenvalue weighted by Gasteiger charge is -2.20. The second-order valence-electron chi connectivity index (χ2n) is 6.66. The number of hydrogen-bond acceptors (Lipinski definition) is 3. The van der Waals surface area contributed by atoms with Crippen LogP contribution in [0.4, 0.5) is 0 Å². The summed E-state index contributed by atoms with van der Waals surface area (Å²) < 4.78 is 11.3. The molecule has 136 valence electrons. The van der Waals surface area contributed by atoms with E-state index in [0.29, 0.717) is 6.54 Å². The smallest absolute Gasteiger partial charge is 0.122 e. The van der Waals surface area contributed by atoms with Crippen LogP contribution in [0.25, 0.3) is 0 Å². The van der Waals surface area contributed by atoms with Crippen molar-refractivity contribution in [2.24, 2.45) is 5.73 Å². The minimum Gasteiger partial charge on any atom is -0.496 e. The molecule has 25 heavy (non-hydrogen) atoms. The normalized spacial score (nSPS) is 12.0. The van der Waals surface area contributed by atoms with Gasteiger partial charge in [0.25, 0.3) is 0 Å². The molecule has 2 N–H and O–H groups in total. The van der Waals surface area contributed by atoms with Crippen LogP contribution in [-0.4, -0.2) is 20.3 Å². The molecule has 3 heteroatoms. The maximum atomic E-state index is 6.10. The summed E-state index contributed by atoms with van der Waals surface area (Å²) in [5.41, 5.74) is 11.1. The first-order valence-corrected chi connectivity index (χ1v) is 9.16. The number of aryl methyl sites for hydroxylation is 2. The Bertz CT molecular complexity index is 664. The maximum absolute atomic E-state index is 6.10. The predicted octanol–water partition coefficient (Wildman–Crippen LogP) is 4.78. The van der Waals surface area contributed by atoms with Gasteiger partial charge in [0.15, 0.2) is 0 Å². The van der Waals surface area contributed by atoms with Crippen molar-refractivity contribution in [3.63, 3.8) is 0 Å². The molecule has 1 unspecified atom stereocenters. The summed E-state index contributed by atoms with van der Waals surface area (Å²) in [4.78, 5) is 0. The third kappa shape index (κ3) is 5.23. The molecule has 0 aromatic heterocycles. The lowest BCUT2D eigenvalue weighted by atomic mass is 9.89. The zero-order chi connectivity index (χ0) is 18.2. The molecule has 1 atom stereocenters. The van der Waals surface area contributed by atoms with E-state index in [9.17, 15) is 0 Å². The summed E-state index contributed by atoms with van der Waals surface area (Å²) in [7, 11) is 1.73. The molecular formula is C22H31NO2. The highest BCUT2D eigenvalue weighted by atomic mass is 16.5. The molecule has 3 nitrogen and oxygen atoms in total. The van der Waals surface area contributed by atoms with E-state index < -0.39 is 0 Å². The van der Waals surface area contributed by atoms with Crippen LogP contribution in [0.15, 0.2) is 36.4 Å². The topological polar surface area (TPSA) is 44.5 Å². The quantitative estimate of drug-likeness (QED) is 0.668. The second-order valence-corrected chi connectivity index (χ2v) is 6.66. The van der Waals surface area contributed by atoms with Gasteiger partial charge in [0.2, 0.25) is 0 Å². The van der Waals surface area contributed by atoms with Crippen LogP contribution < -0.4 is 15.2 Å². The van der Waals surface area contributed by atoms with Crippen LogP contribution >= 0.6 is 0 Å². The average Bonchev–Trinajstić information content (AvgIpc) is 2.63. The van der Waals surface area contributed by atoms with E-state index >= 15 is 0 Å². The molecule has 0 heterocycles. The fraction of sp³-hybridized carbons (Fsp3) is 0.455. The highest BCUT2D eigenvalue weighted by molar-refractivity contribution is 5.44. The van der Waals surface area contributed by atoms with E-state index in [2.05, 4.69) is 57.2 Å². The number of hydrogen-bond donors (Lipinski definition) is 1. The number of benzene rings is 2. The van der Waals surface area contributed by atoms with Crippen LogP contribution in [-0.2, 0) is 6.42 Å². The molecule has 0 saturated heterocycles. The number of unbranched alkanes of at least 4 members (excludes halogenated alkanes) is 1. The van der Waals surface area contributed by atoms with E-state index in [1.807, 2.05) is 0 Å². The van der Waals surface area contributed by atoms with Crippen LogP contribution in [0.3, 0.4) is 0 Å². The van der Waals surface area contributed by atoms with Crippen molar-refractivity contribution in [3.8, 4) is 11.5 Å². The molecule has 0 spiro atoms. The number of ether oxygens (including phenoxy) is 2. The fourth-order valence-electron chi connectivity index (χ4n) is 2.97. The Morgan fingerprint density at radius 1 is 1.04 bits per heavy atom. The Balaban J connectivity index is 2.13. The van der Waals surface area contributed by atoms with Crippen LogP contribution in [0.5, 0.6) is 11.5 Å². The first-order valence-electron chi connectivity index (χ1n) is 9.16. The summed E-state index contributed by atoms with van der Waals surface area (Å²) >= 11 is 0. The Labute approximate surface area is 152 Å². The maximum Gasteiger partial charge on any atom is 0.122 e. The van der Waals surface area contributed by atoms with Gasteiger partial charge < -0.3 is 15.2 Å². The highest BCUT2D eigenvalue weighted by Gasteiger charge is 2.17. The highest BCUT2D eigenvalue weighted by Crippen LogP contribution is 2.31. The number of nitrogens with two attached hydrogens (primary N) is 1. The lowest BCUT2D eigenvalue weighted by molar-refractivity contribution is 0.309. The summed E-state index contributed by atoms with van der Waals surface area (Å²) in [5.74, 6) is 2.10. The molecule has 0 saturated carbocycles. The SMILES string of the molecule is CCCCOc1ccc(CC(CN)c2cc(C)c(C)cc2OC)cc1. The minimum absolute atomic E-state index is 0.237. The van der Waals surface area contributed by atoms with Crippen LogP contribution in [0, 0.1) is 13.8 Å². The molecule has 0 aliphatic carbocycles. The van der Waals surface area contributed by atoms with Gasteiger partial charge >= 0.3 is 0 Å². The Morgan fingerprint density at radius 3 is 2.32 bits per heavy atom. The standard InChI is InChI=1S/C22H31NO2/c1-5-6-11-25-20-9-7-18(8-10-20)14-19(15-23)21-12-16(2)17(3)13-22(21)24-4/h7-10,12-13,19H,5-6,11,14-15,23H2,1-4H3. The number of rotatable bonds is 9. The average molecular weight is 341 g/mol. The monoisotopic (exact) mass is 341 g/mol. The first-order chi connectivity index (χ1) is 12.1. The van der Waals surface area contributed by atoms with E-state index in [0.717, 1.165) is 37.4 Å². The Kier molecular flexibility index (Phi) is 7.32. The summed E-state index contributed by atoms with van der Waals surface area (Å²) in [6.07, 6.45) is 3.13. The van der Waals surface area contributed by atoms with Gasteiger partial charge in [0, 0.05) is 5.92 Å². The second kappa shape index (κ2) is 9.47. The molecule has 2 aromatic carbocycles. The van der Waals surface area contributed by atoms with Gasteiger partial charge in [0.1, 0.15) is 11.5 Å². The van der Waals surface area contributed by atoms with Crippen molar-refractivity contribution in [2.45, 2.75) is 46.0 Å². The number of methoxy groups -OCH3 is 1. The predicted molar refractivity (Wildman–Crippen MR) is 105 cm³/mol. The van der Waals surface area contributed by atoms with E-state index in [4.69, 9.17) is 15.2 Å². The van der Waals surface area contributed by atoms with E-state index in [1.165, 1.54) is 22.3 Å². The summed E-state index contributed by atoms with van der Waals surface area (Å²) in [6.45, 7) is 7.78. The Morgan fingerprint density at radius 2 is 1.72 bits per heavy atom.